The molecule has 0 aliphatic heterocycles. The molecule has 1 unspecified atom stereocenters. The van der Waals surface area contributed by atoms with Crippen LogP contribution in [0.5, 0.6) is 5.75 Å². The summed E-state index contributed by atoms with van der Waals surface area (Å²) in [7, 11) is 1.54. The number of aryl methyl sites for hydroxylation is 1. The van der Waals surface area contributed by atoms with Crippen LogP contribution in [0.1, 0.15) is 12.0 Å². The number of benzene rings is 1. The maximum atomic E-state index is 11.5. The van der Waals surface area contributed by atoms with Gasteiger partial charge in [0.1, 0.15) is 5.75 Å². The summed E-state index contributed by atoms with van der Waals surface area (Å²) < 4.78 is 5.04. The van der Waals surface area contributed by atoms with Crippen molar-refractivity contribution in [2.45, 2.75) is 18.9 Å². The maximum Gasteiger partial charge on any atom is 0.220 e. The molecule has 0 bridgehead atoms. The van der Waals surface area contributed by atoms with E-state index >= 15 is 0 Å². The number of amides is 1. The monoisotopic (exact) mass is 287 g/mol. The molecule has 1 aromatic rings. The number of halogens is 1. The molecule has 5 nitrogen and oxygen atoms in total. The Bertz CT molecular complexity index is 425. The summed E-state index contributed by atoms with van der Waals surface area (Å²) in [5, 5.41) is 20.7. The highest BCUT2D eigenvalue weighted by Gasteiger charge is 2.07. The molecular weight excluding hydrogens is 270 g/mol. The first-order valence-electron chi connectivity index (χ1n) is 5.95. The van der Waals surface area contributed by atoms with E-state index in [0.717, 1.165) is 5.56 Å². The Morgan fingerprint density at radius 2 is 2.26 bits per heavy atom. The summed E-state index contributed by atoms with van der Waals surface area (Å²) >= 11 is 5.98. The van der Waals surface area contributed by atoms with E-state index in [2.05, 4.69) is 5.32 Å². The van der Waals surface area contributed by atoms with Crippen LogP contribution < -0.4 is 10.1 Å². The number of aliphatic hydroxyl groups excluding tert-OH is 2. The fourth-order valence-electron chi connectivity index (χ4n) is 1.51. The van der Waals surface area contributed by atoms with Crippen molar-refractivity contribution in [1.82, 2.24) is 5.32 Å². The Hall–Kier alpha value is -1.30. The molecule has 0 aliphatic rings. The predicted octanol–water partition coefficient (Wildman–Crippen LogP) is 0.751. The molecule has 106 valence electrons. The van der Waals surface area contributed by atoms with E-state index in [0.29, 0.717) is 23.6 Å². The number of nitrogens with one attached hydrogen (secondary N) is 1. The number of hydrogen-bond donors (Lipinski definition) is 3. The number of rotatable bonds is 7. The van der Waals surface area contributed by atoms with Gasteiger partial charge >= 0.3 is 0 Å². The summed E-state index contributed by atoms with van der Waals surface area (Å²) in [6.45, 7) is -0.312. The summed E-state index contributed by atoms with van der Waals surface area (Å²) in [5.41, 5.74) is 0.934. The van der Waals surface area contributed by atoms with E-state index in [-0.39, 0.29) is 19.1 Å². The minimum atomic E-state index is -0.917. The Kier molecular flexibility index (Phi) is 6.62. The van der Waals surface area contributed by atoms with Gasteiger partial charge in [-0.15, -0.1) is 0 Å². The van der Waals surface area contributed by atoms with Crippen molar-refractivity contribution in [2.24, 2.45) is 0 Å². The fraction of sp³-hybridized carbons (Fsp3) is 0.462. The first kappa shape index (κ1) is 15.8. The molecule has 0 fully saturated rings. The molecule has 0 radical (unpaired) electrons. The van der Waals surface area contributed by atoms with Gasteiger partial charge in [0, 0.05) is 13.0 Å². The maximum absolute atomic E-state index is 11.5. The van der Waals surface area contributed by atoms with Gasteiger partial charge in [-0.3, -0.25) is 4.79 Å². The number of carbonyl (C=O) groups excluding carboxylic acids is 1. The van der Waals surface area contributed by atoms with Crippen LogP contribution in [0.3, 0.4) is 0 Å². The van der Waals surface area contributed by atoms with Gasteiger partial charge in [0.15, 0.2) is 0 Å². The molecule has 0 aromatic heterocycles. The second-order valence-electron chi connectivity index (χ2n) is 4.11. The fourth-order valence-corrected chi connectivity index (χ4v) is 1.79. The normalized spacial score (nSPS) is 12.0. The zero-order chi connectivity index (χ0) is 14.3. The largest absolute Gasteiger partial charge is 0.495 e. The van der Waals surface area contributed by atoms with Gasteiger partial charge in [-0.1, -0.05) is 17.7 Å². The van der Waals surface area contributed by atoms with Crippen LogP contribution in [0, 0.1) is 0 Å². The number of hydrogen-bond acceptors (Lipinski definition) is 4. The van der Waals surface area contributed by atoms with Crippen LogP contribution >= 0.6 is 11.6 Å². The van der Waals surface area contributed by atoms with Gasteiger partial charge in [0.2, 0.25) is 5.91 Å². The third-order valence-corrected chi connectivity index (χ3v) is 2.90. The molecule has 1 atom stereocenters. The third kappa shape index (κ3) is 5.46. The average Bonchev–Trinajstić information content (AvgIpc) is 2.42. The summed E-state index contributed by atoms with van der Waals surface area (Å²) in [6, 6.07) is 5.36. The first-order valence-corrected chi connectivity index (χ1v) is 6.32. The lowest BCUT2D eigenvalue weighted by molar-refractivity contribution is -0.121. The van der Waals surface area contributed by atoms with Crippen LogP contribution in [0.25, 0.3) is 0 Å². The van der Waals surface area contributed by atoms with Crippen LogP contribution in [0.15, 0.2) is 18.2 Å². The van der Waals surface area contributed by atoms with Crippen LogP contribution in [0.2, 0.25) is 5.02 Å². The van der Waals surface area contributed by atoms with Crippen molar-refractivity contribution in [3.63, 3.8) is 0 Å². The van der Waals surface area contributed by atoms with E-state index in [1.807, 2.05) is 6.07 Å². The second-order valence-corrected chi connectivity index (χ2v) is 4.52. The molecule has 19 heavy (non-hydrogen) atoms. The molecule has 0 saturated heterocycles. The molecule has 3 N–H and O–H groups in total. The molecule has 1 amide bonds. The standard InChI is InChI=1S/C13H18ClNO4/c1-19-12-4-2-9(6-11(12)14)3-5-13(18)15-7-10(17)8-16/h2,4,6,10,16-17H,3,5,7-8H2,1H3,(H,15,18). The zero-order valence-corrected chi connectivity index (χ0v) is 11.5. The highest BCUT2D eigenvalue weighted by atomic mass is 35.5. The van der Waals surface area contributed by atoms with E-state index in [1.165, 1.54) is 0 Å². The molecule has 0 saturated carbocycles. The smallest absolute Gasteiger partial charge is 0.220 e. The van der Waals surface area contributed by atoms with Crippen molar-refractivity contribution in [2.75, 3.05) is 20.3 Å². The number of ether oxygens (including phenoxy) is 1. The minimum Gasteiger partial charge on any atom is -0.495 e. The Morgan fingerprint density at radius 3 is 2.84 bits per heavy atom. The molecule has 6 heteroatoms. The molecule has 0 heterocycles. The molecule has 0 aliphatic carbocycles. The van der Waals surface area contributed by atoms with Crippen molar-refractivity contribution in [3.05, 3.63) is 28.8 Å². The zero-order valence-electron chi connectivity index (χ0n) is 10.7. The topological polar surface area (TPSA) is 78.8 Å². The lowest BCUT2D eigenvalue weighted by Gasteiger charge is -2.09. The highest BCUT2D eigenvalue weighted by Crippen LogP contribution is 2.25. The molecule has 1 rings (SSSR count). The van der Waals surface area contributed by atoms with Gasteiger partial charge < -0.3 is 20.3 Å². The number of aliphatic hydroxyl groups is 2. The predicted molar refractivity (Wildman–Crippen MR) is 72.4 cm³/mol. The number of methoxy groups -OCH3 is 1. The number of carbonyl (C=O) groups is 1. The Balaban J connectivity index is 2.40. The van der Waals surface area contributed by atoms with Crippen LogP contribution in [-0.2, 0) is 11.2 Å². The van der Waals surface area contributed by atoms with Gasteiger partial charge in [-0.05, 0) is 24.1 Å². The van der Waals surface area contributed by atoms with Crippen LogP contribution in [0.4, 0.5) is 0 Å². The van der Waals surface area contributed by atoms with Crippen molar-refractivity contribution < 1.29 is 19.7 Å². The minimum absolute atomic E-state index is 0.0543. The van der Waals surface area contributed by atoms with E-state index in [4.69, 9.17) is 26.6 Å². The average molecular weight is 288 g/mol. The van der Waals surface area contributed by atoms with Gasteiger partial charge in [0.25, 0.3) is 0 Å². The third-order valence-electron chi connectivity index (χ3n) is 2.60. The SMILES string of the molecule is COc1ccc(CCC(=O)NCC(O)CO)cc1Cl. The lowest BCUT2D eigenvalue weighted by atomic mass is 10.1. The Labute approximate surface area is 117 Å². The first-order chi connectivity index (χ1) is 9.06. The summed E-state index contributed by atoms with van der Waals surface area (Å²) in [6.07, 6.45) is -0.0784. The van der Waals surface area contributed by atoms with E-state index in [1.54, 1.807) is 19.2 Å². The quantitative estimate of drug-likeness (QED) is 0.691. The van der Waals surface area contributed by atoms with E-state index < -0.39 is 6.10 Å². The van der Waals surface area contributed by atoms with Crippen molar-refractivity contribution >= 4 is 17.5 Å². The van der Waals surface area contributed by atoms with Gasteiger partial charge in [0.05, 0.1) is 24.8 Å². The van der Waals surface area contributed by atoms with Gasteiger partial charge in [-0.25, -0.2) is 0 Å². The summed E-state index contributed by atoms with van der Waals surface area (Å²) in [4.78, 5) is 11.5. The Morgan fingerprint density at radius 1 is 1.53 bits per heavy atom. The van der Waals surface area contributed by atoms with Crippen molar-refractivity contribution in [1.29, 1.82) is 0 Å². The highest BCUT2D eigenvalue weighted by molar-refractivity contribution is 6.32. The molecule has 1 aromatic carbocycles. The molecule has 0 spiro atoms. The molecular formula is C13H18ClNO4. The van der Waals surface area contributed by atoms with E-state index in [9.17, 15) is 4.79 Å². The second kappa shape index (κ2) is 7.99. The summed E-state index contributed by atoms with van der Waals surface area (Å²) in [5.74, 6) is 0.417. The van der Waals surface area contributed by atoms with Gasteiger partial charge in [-0.2, -0.15) is 0 Å². The lowest BCUT2D eigenvalue weighted by Crippen LogP contribution is -2.33. The van der Waals surface area contributed by atoms with Crippen molar-refractivity contribution in [3.8, 4) is 5.75 Å². The van der Waals surface area contributed by atoms with Crippen LogP contribution in [-0.4, -0.2) is 42.5 Å².